The molecule has 0 radical (unpaired) electrons. The van der Waals surface area contributed by atoms with Gasteiger partial charge in [0.2, 0.25) is 0 Å². The van der Waals surface area contributed by atoms with Crippen LogP contribution in [0.1, 0.15) is 18.1 Å². The lowest BCUT2D eigenvalue weighted by Crippen LogP contribution is -2.11. The van der Waals surface area contributed by atoms with Gasteiger partial charge in [0, 0.05) is 6.54 Å². The van der Waals surface area contributed by atoms with Crippen molar-refractivity contribution >= 4 is 28.1 Å². The summed E-state index contributed by atoms with van der Waals surface area (Å²) in [5.41, 5.74) is 6.90. The van der Waals surface area contributed by atoms with E-state index in [1.807, 2.05) is 24.3 Å². The molecule has 2 aromatic carbocycles. The summed E-state index contributed by atoms with van der Waals surface area (Å²) in [6.07, 6.45) is 6.13. The van der Waals surface area contributed by atoms with Crippen LogP contribution in [0.4, 0.5) is 0 Å². The SMILES string of the molecule is CCS(=O)(=O)Oc1cccc(/C=C/C(=O)/C=C/c2cccc(OCCN)c2)c1. The molecular weight excluding hydrogens is 378 g/mol. The van der Waals surface area contributed by atoms with Crippen molar-refractivity contribution in [2.24, 2.45) is 5.73 Å². The van der Waals surface area contributed by atoms with E-state index < -0.39 is 10.1 Å². The van der Waals surface area contributed by atoms with Crippen molar-refractivity contribution in [2.45, 2.75) is 6.92 Å². The number of benzene rings is 2. The molecule has 148 valence electrons. The quantitative estimate of drug-likeness (QED) is 0.486. The topological polar surface area (TPSA) is 95.7 Å². The van der Waals surface area contributed by atoms with Gasteiger partial charge in [-0.05, 0) is 54.5 Å². The minimum atomic E-state index is -3.59. The molecule has 2 N–H and O–H groups in total. The molecule has 0 heterocycles. The highest BCUT2D eigenvalue weighted by atomic mass is 32.2. The van der Waals surface area contributed by atoms with E-state index in [2.05, 4.69) is 0 Å². The number of hydrogen-bond donors (Lipinski definition) is 1. The molecular formula is C21H23NO5S. The Kier molecular flexibility index (Phi) is 7.98. The lowest BCUT2D eigenvalue weighted by atomic mass is 10.1. The molecule has 0 unspecified atom stereocenters. The number of nitrogens with two attached hydrogens (primary N) is 1. The van der Waals surface area contributed by atoms with Crippen LogP contribution in [-0.2, 0) is 14.9 Å². The molecule has 7 heteroatoms. The molecule has 0 bridgehead atoms. The summed E-state index contributed by atoms with van der Waals surface area (Å²) < 4.78 is 33.5. The van der Waals surface area contributed by atoms with Crippen LogP contribution in [0.15, 0.2) is 60.7 Å². The predicted octanol–water partition coefficient (Wildman–Crippen LogP) is 3.05. The van der Waals surface area contributed by atoms with Crippen LogP contribution in [-0.4, -0.2) is 33.1 Å². The summed E-state index contributed by atoms with van der Waals surface area (Å²) in [5, 5.41) is 0. The standard InChI is InChI=1S/C21H23NO5S/c1-2-28(24,25)27-21-8-4-6-18(16-21)10-12-19(23)11-9-17-5-3-7-20(15-17)26-14-13-22/h3-12,15-16H,2,13-14,22H2,1H3/b11-9+,12-10+. The fourth-order valence-electron chi connectivity index (χ4n) is 2.17. The Labute approximate surface area is 165 Å². The number of hydrogen-bond acceptors (Lipinski definition) is 6. The van der Waals surface area contributed by atoms with E-state index >= 15 is 0 Å². The zero-order chi connectivity index (χ0) is 20.4. The predicted molar refractivity (Wildman–Crippen MR) is 111 cm³/mol. The van der Waals surface area contributed by atoms with Crippen LogP contribution in [0.2, 0.25) is 0 Å². The summed E-state index contributed by atoms with van der Waals surface area (Å²) >= 11 is 0. The van der Waals surface area contributed by atoms with E-state index in [1.54, 1.807) is 36.4 Å². The first kappa shape index (κ1) is 21.4. The van der Waals surface area contributed by atoms with E-state index in [1.165, 1.54) is 19.1 Å². The average Bonchev–Trinajstić information content (AvgIpc) is 2.69. The minimum absolute atomic E-state index is 0.116. The highest BCUT2D eigenvalue weighted by molar-refractivity contribution is 7.87. The monoisotopic (exact) mass is 401 g/mol. The van der Waals surface area contributed by atoms with E-state index in [-0.39, 0.29) is 17.3 Å². The number of carbonyl (C=O) groups excluding carboxylic acids is 1. The maximum absolute atomic E-state index is 12.1. The van der Waals surface area contributed by atoms with Crippen LogP contribution in [0, 0.1) is 0 Å². The number of carbonyl (C=O) groups is 1. The van der Waals surface area contributed by atoms with Crippen LogP contribution in [0.3, 0.4) is 0 Å². The second-order valence-electron chi connectivity index (χ2n) is 5.78. The summed E-state index contributed by atoms with van der Waals surface area (Å²) in [6.45, 7) is 2.36. The van der Waals surface area contributed by atoms with Crippen molar-refractivity contribution in [1.82, 2.24) is 0 Å². The third kappa shape index (κ3) is 7.38. The van der Waals surface area contributed by atoms with Crippen LogP contribution < -0.4 is 14.7 Å². The third-order valence-corrected chi connectivity index (χ3v) is 4.71. The molecule has 28 heavy (non-hydrogen) atoms. The van der Waals surface area contributed by atoms with Crippen molar-refractivity contribution in [2.75, 3.05) is 18.9 Å². The summed E-state index contributed by atoms with van der Waals surface area (Å²) in [4.78, 5) is 12.1. The molecule has 6 nitrogen and oxygen atoms in total. The largest absolute Gasteiger partial charge is 0.492 e. The van der Waals surface area contributed by atoms with Gasteiger partial charge in [0.05, 0.1) is 5.75 Å². The van der Waals surface area contributed by atoms with Crippen molar-refractivity contribution in [1.29, 1.82) is 0 Å². The maximum atomic E-state index is 12.1. The lowest BCUT2D eigenvalue weighted by Gasteiger charge is -2.05. The summed E-state index contributed by atoms with van der Waals surface area (Å²) in [6, 6.07) is 13.8. The van der Waals surface area contributed by atoms with Gasteiger partial charge in [-0.15, -0.1) is 0 Å². The molecule has 0 aliphatic heterocycles. The van der Waals surface area contributed by atoms with Crippen molar-refractivity contribution in [3.8, 4) is 11.5 Å². The van der Waals surface area contributed by atoms with Crippen molar-refractivity contribution in [3.05, 3.63) is 71.8 Å². The first-order valence-electron chi connectivity index (χ1n) is 8.77. The zero-order valence-electron chi connectivity index (χ0n) is 15.6. The molecule has 0 fully saturated rings. The first-order chi connectivity index (χ1) is 13.4. The fraction of sp³-hybridized carbons (Fsp3) is 0.190. The number of rotatable bonds is 10. The lowest BCUT2D eigenvalue weighted by molar-refractivity contribution is -0.110. The summed E-state index contributed by atoms with van der Waals surface area (Å²) in [7, 11) is -3.59. The summed E-state index contributed by atoms with van der Waals surface area (Å²) in [5.74, 6) is 0.575. The van der Waals surface area contributed by atoms with Gasteiger partial charge in [0.15, 0.2) is 5.78 Å². The van der Waals surface area contributed by atoms with Gasteiger partial charge in [-0.3, -0.25) is 4.79 Å². The normalized spacial score (nSPS) is 11.8. The van der Waals surface area contributed by atoms with Crippen molar-refractivity contribution < 1.29 is 22.1 Å². The van der Waals surface area contributed by atoms with Crippen LogP contribution in [0.5, 0.6) is 11.5 Å². The van der Waals surface area contributed by atoms with E-state index in [0.717, 1.165) is 5.56 Å². The second-order valence-corrected chi connectivity index (χ2v) is 7.64. The Balaban J connectivity index is 2.01. The Hall–Kier alpha value is -2.90. The molecule has 0 atom stereocenters. The Morgan fingerprint density at radius 1 is 1.00 bits per heavy atom. The number of allylic oxidation sites excluding steroid dienone is 2. The second kappa shape index (κ2) is 10.4. The third-order valence-electron chi connectivity index (χ3n) is 3.56. The van der Waals surface area contributed by atoms with Gasteiger partial charge in [-0.2, -0.15) is 8.42 Å². The van der Waals surface area contributed by atoms with Gasteiger partial charge in [0.25, 0.3) is 0 Å². The average molecular weight is 401 g/mol. The highest BCUT2D eigenvalue weighted by Gasteiger charge is 2.08. The maximum Gasteiger partial charge on any atom is 0.308 e. The van der Waals surface area contributed by atoms with Gasteiger partial charge in [-0.1, -0.05) is 36.4 Å². The molecule has 0 aliphatic carbocycles. The highest BCUT2D eigenvalue weighted by Crippen LogP contribution is 2.17. The number of ether oxygens (including phenoxy) is 1. The van der Waals surface area contributed by atoms with Crippen LogP contribution in [0.25, 0.3) is 12.2 Å². The van der Waals surface area contributed by atoms with E-state index in [0.29, 0.717) is 24.5 Å². The molecule has 0 spiro atoms. The smallest absolute Gasteiger partial charge is 0.308 e. The molecule has 2 aromatic rings. The zero-order valence-corrected chi connectivity index (χ0v) is 16.4. The van der Waals surface area contributed by atoms with Gasteiger partial charge in [0.1, 0.15) is 18.1 Å². The van der Waals surface area contributed by atoms with E-state index in [9.17, 15) is 13.2 Å². The Morgan fingerprint density at radius 2 is 1.57 bits per heavy atom. The number of ketones is 1. The Morgan fingerprint density at radius 3 is 2.14 bits per heavy atom. The molecule has 2 rings (SSSR count). The van der Waals surface area contributed by atoms with Crippen LogP contribution >= 0.6 is 0 Å². The molecule has 0 aliphatic rings. The Bertz CT molecular complexity index is 964. The molecule has 0 aromatic heterocycles. The molecule has 0 saturated carbocycles. The van der Waals surface area contributed by atoms with E-state index in [4.69, 9.17) is 14.7 Å². The fourth-order valence-corrected chi connectivity index (χ4v) is 2.69. The first-order valence-corrected chi connectivity index (χ1v) is 10.3. The van der Waals surface area contributed by atoms with Gasteiger partial charge >= 0.3 is 10.1 Å². The van der Waals surface area contributed by atoms with Crippen molar-refractivity contribution in [3.63, 3.8) is 0 Å². The van der Waals surface area contributed by atoms with Gasteiger partial charge < -0.3 is 14.7 Å². The molecule has 0 amide bonds. The minimum Gasteiger partial charge on any atom is -0.492 e. The molecule has 0 saturated heterocycles. The van der Waals surface area contributed by atoms with Gasteiger partial charge in [-0.25, -0.2) is 0 Å².